The molecule has 0 heterocycles. The van der Waals surface area contributed by atoms with E-state index in [2.05, 4.69) is 23.8 Å². The van der Waals surface area contributed by atoms with Crippen LogP contribution in [0, 0.1) is 0 Å². The minimum atomic E-state index is 0.804. The Morgan fingerprint density at radius 1 is 1.00 bits per heavy atom. The van der Waals surface area contributed by atoms with Gasteiger partial charge in [0.1, 0.15) is 0 Å². The van der Waals surface area contributed by atoms with Crippen LogP contribution in [-0.2, 0) is 4.74 Å². The van der Waals surface area contributed by atoms with Crippen molar-refractivity contribution in [3.63, 3.8) is 0 Å². The van der Waals surface area contributed by atoms with Gasteiger partial charge in [0.25, 0.3) is 0 Å². The molecule has 0 atom stereocenters. The maximum atomic E-state index is 5.19. The van der Waals surface area contributed by atoms with Crippen LogP contribution in [0.1, 0.15) is 0 Å². The van der Waals surface area contributed by atoms with Gasteiger partial charge in [0.05, 0.1) is 13.2 Å². The summed E-state index contributed by atoms with van der Waals surface area (Å²) < 4.78 is 5.19. The molecular weight excluding hydrogens is 140 g/mol. The minimum Gasteiger partial charge on any atom is -0.379 e. The third-order valence-corrected chi connectivity index (χ3v) is 0.993. The third kappa shape index (κ3) is 17.7. The van der Waals surface area contributed by atoms with Crippen LogP contribution in [0.25, 0.3) is 0 Å². The average molecular weight is 160 g/mol. The first-order valence-corrected chi connectivity index (χ1v) is 3.78. The number of hydrogen-bond donors (Lipinski definition) is 2. The summed E-state index contributed by atoms with van der Waals surface area (Å²) in [6.45, 7) is 9.48. The Hall–Kier alpha value is -0.380. The SMILES string of the molecule is C=C.CNCCOCCNC. The summed E-state index contributed by atoms with van der Waals surface area (Å²) >= 11 is 0. The highest BCUT2D eigenvalue weighted by Crippen LogP contribution is 1.69. The molecule has 0 aliphatic carbocycles. The Labute approximate surface area is 69.8 Å². The largest absolute Gasteiger partial charge is 0.379 e. The van der Waals surface area contributed by atoms with Gasteiger partial charge >= 0.3 is 0 Å². The van der Waals surface area contributed by atoms with Gasteiger partial charge in [-0.3, -0.25) is 0 Å². The predicted octanol–water partition coefficient (Wildman–Crippen LogP) is 0.244. The minimum absolute atomic E-state index is 0.804. The first-order valence-electron chi connectivity index (χ1n) is 3.78. The summed E-state index contributed by atoms with van der Waals surface area (Å²) in [6.07, 6.45) is 0. The molecule has 0 spiro atoms. The molecule has 11 heavy (non-hydrogen) atoms. The highest BCUT2D eigenvalue weighted by molar-refractivity contribution is 4.38. The standard InChI is InChI=1S/C6H16N2O.C2H4/c1-7-3-5-9-6-4-8-2;1-2/h7-8H,3-6H2,1-2H3;1-2H2. The van der Waals surface area contributed by atoms with Gasteiger partial charge < -0.3 is 15.4 Å². The first-order chi connectivity index (χ1) is 5.41. The highest BCUT2D eigenvalue weighted by atomic mass is 16.5. The van der Waals surface area contributed by atoms with E-state index in [0.29, 0.717) is 0 Å². The lowest BCUT2D eigenvalue weighted by atomic mass is 10.6. The zero-order valence-electron chi connectivity index (χ0n) is 7.65. The summed E-state index contributed by atoms with van der Waals surface area (Å²) in [5, 5.41) is 6.00. The molecule has 0 aliphatic rings. The molecule has 0 unspecified atom stereocenters. The average Bonchev–Trinajstić information content (AvgIpc) is 2.08. The van der Waals surface area contributed by atoms with Crippen molar-refractivity contribution in [1.82, 2.24) is 10.6 Å². The van der Waals surface area contributed by atoms with Crippen molar-refractivity contribution in [3.05, 3.63) is 13.2 Å². The second-order valence-corrected chi connectivity index (χ2v) is 1.82. The van der Waals surface area contributed by atoms with Crippen LogP contribution in [0.4, 0.5) is 0 Å². The Morgan fingerprint density at radius 2 is 1.36 bits per heavy atom. The third-order valence-electron chi connectivity index (χ3n) is 0.993. The van der Waals surface area contributed by atoms with E-state index < -0.39 is 0 Å². The first kappa shape index (κ1) is 13.2. The fraction of sp³-hybridized carbons (Fsp3) is 0.750. The van der Waals surface area contributed by atoms with Gasteiger partial charge in [-0.15, -0.1) is 13.2 Å². The van der Waals surface area contributed by atoms with Crippen LogP contribution < -0.4 is 10.6 Å². The van der Waals surface area contributed by atoms with Gasteiger partial charge in [0.2, 0.25) is 0 Å². The molecule has 0 aromatic heterocycles. The molecule has 0 aromatic rings. The summed E-state index contributed by atoms with van der Waals surface area (Å²) in [7, 11) is 3.84. The zero-order chi connectivity index (χ0) is 8.95. The van der Waals surface area contributed by atoms with Gasteiger partial charge in [-0.25, -0.2) is 0 Å². The lowest BCUT2D eigenvalue weighted by molar-refractivity contribution is 0.140. The molecule has 0 bridgehead atoms. The summed E-state index contributed by atoms with van der Waals surface area (Å²) in [4.78, 5) is 0. The molecule has 3 nitrogen and oxygen atoms in total. The molecular formula is C8H20N2O. The lowest BCUT2D eigenvalue weighted by Crippen LogP contribution is -2.19. The van der Waals surface area contributed by atoms with Gasteiger partial charge in [0.15, 0.2) is 0 Å². The van der Waals surface area contributed by atoms with E-state index in [1.54, 1.807) is 0 Å². The summed E-state index contributed by atoms with van der Waals surface area (Å²) in [5.74, 6) is 0. The predicted molar refractivity (Wildman–Crippen MR) is 49.9 cm³/mol. The van der Waals surface area contributed by atoms with Crippen molar-refractivity contribution in [2.75, 3.05) is 40.4 Å². The number of hydrogen-bond acceptors (Lipinski definition) is 3. The van der Waals surface area contributed by atoms with E-state index in [4.69, 9.17) is 4.74 Å². The van der Waals surface area contributed by atoms with Crippen molar-refractivity contribution in [1.29, 1.82) is 0 Å². The topological polar surface area (TPSA) is 33.3 Å². The normalized spacial score (nSPS) is 8.55. The Bertz CT molecular complexity index is 54.1. The fourth-order valence-electron chi connectivity index (χ4n) is 0.451. The van der Waals surface area contributed by atoms with Crippen LogP contribution >= 0.6 is 0 Å². The van der Waals surface area contributed by atoms with Gasteiger partial charge in [-0.2, -0.15) is 0 Å². The molecule has 0 fully saturated rings. The van der Waals surface area contributed by atoms with Gasteiger partial charge in [-0.05, 0) is 14.1 Å². The smallest absolute Gasteiger partial charge is 0.0591 e. The van der Waals surface area contributed by atoms with Crippen LogP contribution in [0.5, 0.6) is 0 Å². The quantitative estimate of drug-likeness (QED) is 0.431. The van der Waals surface area contributed by atoms with E-state index in [9.17, 15) is 0 Å². The Balaban J connectivity index is 0. The molecule has 0 aromatic carbocycles. The van der Waals surface area contributed by atoms with Crippen LogP contribution in [0.15, 0.2) is 13.2 Å². The summed E-state index contributed by atoms with van der Waals surface area (Å²) in [6, 6.07) is 0. The number of ether oxygens (including phenoxy) is 1. The van der Waals surface area contributed by atoms with Crippen LogP contribution in [0.3, 0.4) is 0 Å². The van der Waals surface area contributed by atoms with E-state index in [1.807, 2.05) is 14.1 Å². The molecule has 0 saturated carbocycles. The molecule has 0 amide bonds. The van der Waals surface area contributed by atoms with Gasteiger partial charge in [0, 0.05) is 13.1 Å². The second kappa shape index (κ2) is 16.3. The fourth-order valence-corrected chi connectivity index (χ4v) is 0.451. The van der Waals surface area contributed by atoms with Crippen LogP contribution in [0.2, 0.25) is 0 Å². The summed E-state index contributed by atoms with van der Waals surface area (Å²) in [5.41, 5.74) is 0. The number of likely N-dealkylation sites (N-methyl/N-ethyl adjacent to an activating group) is 2. The van der Waals surface area contributed by atoms with Crippen LogP contribution in [-0.4, -0.2) is 40.4 Å². The lowest BCUT2D eigenvalue weighted by Gasteiger charge is -2.01. The monoisotopic (exact) mass is 160 g/mol. The van der Waals surface area contributed by atoms with Crippen molar-refractivity contribution in [2.45, 2.75) is 0 Å². The molecule has 2 N–H and O–H groups in total. The number of nitrogens with one attached hydrogen (secondary N) is 2. The van der Waals surface area contributed by atoms with Crippen molar-refractivity contribution in [3.8, 4) is 0 Å². The Morgan fingerprint density at radius 3 is 1.64 bits per heavy atom. The molecule has 0 radical (unpaired) electrons. The van der Waals surface area contributed by atoms with E-state index >= 15 is 0 Å². The van der Waals surface area contributed by atoms with Crippen molar-refractivity contribution < 1.29 is 4.74 Å². The Kier molecular flexibility index (Phi) is 19.6. The van der Waals surface area contributed by atoms with Crippen molar-refractivity contribution in [2.24, 2.45) is 0 Å². The maximum absolute atomic E-state index is 5.19. The molecule has 3 heteroatoms. The van der Waals surface area contributed by atoms with Crippen molar-refractivity contribution >= 4 is 0 Å². The molecule has 0 rings (SSSR count). The molecule has 0 saturated heterocycles. The number of rotatable bonds is 6. The molecule has 0 aliphatic heterocycles. The second-order valence-electron chi connectivity index (χ2n) is 1.82. The van der Waals surface area contributed by atoms with E-state index in [-0.39, 0.29) is 0 Å². The van der Waals surface area contributed by atoms with E-state index in [1.165, 1.54) is 0 Å². The molecule has 68 valence electrons. The van der Waals surface area contributed by atoms with E-state index in [0.717, 1.165) is 26.3 Å². The highest BCUT2D eigenvalue weighted by Gasteiger charge is 1.83. The zero-order valence-corrected chi connectivity index (χ0v) is 7.65. The maximum Gasteiger partial charge on any atom is 0.0591 e. The van der Waals surface area contributed by atoms with Gasteiger partial charge in [-0.1, -0.05) is 0 Å².